The van der Waals surface area contributed by atoms with E-state index in [0.29, 0.717) is 0 Å². The topological polar surface area (TPSA) is 68.1 Å². The molecule has 0 aliphatic heterocycles. The number of anilines is 1. The van der Waals surface area contributed by atoms with E-state index in [1.165, 1.54) is 31.7 Å². The van der Waals surface area contributed by atoms with Crippen LogP contribution in [0.3, 0.4) is 0 Å². The molecule has 2 aliphatic carbocycles. The lowest BCUT2D eigenvalue weighted by atomic mass is 9.89. The van der Waals surface area contributed by atoms with E-state index in [1.54, 1.807) is 12.3 Å². The maximum atomic E-state index is 10.5. The average Bonchev–Trinajstić information content (AvgIpc) is 2.99. The third kappa shape index (κ3) is 2.17. The first kappa shape index (κ1) is 11.4. The fraction of sp³-hybridized carbons (Fsp3) is 0.615. The molecule has 3 atom stereocenters. The van der Waals surface area contributed by atoms with Gasteiger partial charge >= 0.3 is 5.82 Å². The van der Waals surface area contributed by atoms with Crippen molar-refractivity contribution in [2.24, 2.45) is 17.8 Å². The lowest BCUT2D eigenvalue weighted by Crippen LogP contribution is -2.20. The van der Waals surface area contributed by atoms with Crippen LogP contribution < -0.4 is 5.32 Å². The minimum atomic E-state index is -0.473. The normalized spacial score (nSPS) is 29.4. The van der Waals surface area contributed by atoms with E-state index in [0.717, 1.165) is 30.0 Å². The molecule has 1 aromatic rings. The van der Waals surface area contributed by atoms with Crippen molar-refractivity contribution in [2.75, 3.05) is 11.9 Å². The number of aromatic nitrogens is 1. The van der Waals surface area contributed by atoms with Gasteiger partial charge in [-0.1, -0.05) is 6.42 Å². The van der Waals surface area contributed by atoms with Gasteiger partial charge in [-0.3, -0.25) is 0 Å². The first-order valence-corrected chi connectivity index (χ1v) is 6.56. The summed E-state index contributed by atoms with van der Waals surface area (Å²) in [6.45, 7) is 0.973. The van der Waals surface area contributed by atoms with Gasteiger partial charge in [0.1, 0.15) is 0 Å². The van der Waals surface area contributed by atoms with Crippen LogP contribution in [0.2, 0.25) is 0 Å². The van der Waals surface area contributed by atoms with Crippen LogP contribution in [0.25, 0.3) is 0 Å². The Balaban J connectivity index is 1.55. The molecule has 0 saturated heterocycles. The zero-order valence-corrected chi connectivity index (χ0v) is 10.2. The number of nitrogens with zero attached hydrogens (tertiary/aromatic N) is 2. The molecule has 0 amide bonds. The highest BCUT2D eigenvalue weighted by Gasteiger charge is 2.39. The molecule has 3 unspecified atom stereocenters. The van der Waals surface area contributed by atoms with E-state index < -0.39 is 4.92 Å². The van der Waals surface area contributed by atoms with E-state index in [1.807, 2.05) is 0 Å². The van der Waals surface area contributed by atoms with Crippen molar-refractivity contribution in [2.45, 2.75) is 25.7 Å². The standard InChI is InChI=1S/C13H17N3O2/c17-16(18)13-4-3-12(8-15-13)14-7-11-6-9-1-2-10(11)5-9/h3-4,8-11,14H,1-2,5-7H2. The van der Waals surface area contributed by atoms with Crippen molar-refractivity contribution in [1.29, 1.82) is 0 Å². The van der Waals surface area contributed by atoms with Crippen LogP contribution in [-0.4, -0.2) is 16.5 Å². The second kappa shape index (κ2) is 4.55. The fourth-order valence-corrected chi connectivity index (χ4v) is 3.47. The number of rotatable bonds is 4. The third-order valence-corrected chi connectivity index (χ3v) is 4.39. The number of nitrogens with one attached hydrogen (secondary N) is 1. The molecule has 2 fully saturated rings. The molecule has 5 nitrogen and oxygen atoms in total. The molecule has 18 heavy (non-hydrogen) atoms. The van der Waals surface area contributed by atoms with Crippen molar-refractivity contribution < 1.29 is 4.92 Å². The van der Waals surface area contributed by atoms with E-state index in [4.69, 9.17) is 0 Å². The SMILES string of the molecule is O=[N+]([O-])c1ccc(NCC2CC3CCC2C3)cn1. The van der Waals surface area contributed by atoms with Crippen molar-refractivity contribution in [3.8, 4) is 0 Å². The van der Waals surface area contributed by atoms with Crippen molar-refractivity contribution in [3.63, 3.8) is 0 Å². The van der Waals surface area contributed by atoms with Crippen LogP contribution in [0.4, 0.5) is 11.5 Å². The molecule has 3 rings (SSSR count). The van der Waals surface area contributed by atoms with Crippen molar-refractivity contribution in [3.05, 3.63) is 28.4 Å². The van der Waals surface area contributed by atoms with Gasteiger partial charge in [0.05, 0.1) is 5.69 Å². The van der Waals surface area contributed by atoms with Gasteiger partial charge in [-0.2, -0.15) is 0 Å². The Morgan fingerprint density at radius 2 is 2.28 bits per heavy atom. The highest BCUT2D eigenvalue weighted by atomic mass is 16.6. The number of fused-ring (bicyclic) bond motifs is 2. The Kier molecular flexibility index (Phi) is 2.89. The van der Waals surface area contributed by atoms with Gasteiger partial charge < -0.3 is 15.4 Å². The van der Waals surface area contributed by atoms with E-state index in [9.17, 15) is 10.1 Å². The predicted molar refractivity (Wildman–Crippen MR) is 68.3 cm³/mol. The highest BCUT2D eigenvalue weighted by Crippen LogP contribution is 2.48. The van der Waals surface area contributed by atoms with Gasteiger partial charge in [0, 0.05) is 12.6 Å². The average molecular weight is 247 g/mol. The van der Waals surface area contributed by atoms with E-state index >= 15 is 0 Å². The van der Waals surface area contributed by atoms with Gasteiger partial charge in [0.15, 0.2) is 6.20 Å². The van der Waals surface area contributed by atoms with Crippen LogP contribution in [0.15, 0.2) is 18.3 Å². The smallest absolute Gasteiger partial charge is 0.363 e. The van der Waals surface area contributed by atoms with Crippen LogP contribution in [0.5, 0.6) is 0 Å². The maximum absolute atomic E-state index is 10.5. The van der Waals surface area contributed by atoms with Crippen molar-refractivity contribution in [1.82, 2.24) is 4.98 Å². The summed E-state index contributed by atoms with van der Waals surface area (Å²) in [6, 6.07) is 3.18. The molecule has 2 bridgehead atoms. The molecule has 96 valence electrons. The first-order chi connectivity index (χ1) is 8.72. The minimum absolute atomic E-state index is 0.0968. The van der Waals surface area contributed by atoms with Crippen LogP contribution in [0, 0.1) is 27.9 Å². The summed E-state index contributed by atoms with van der Waals surface area (Å²) < 4.78 is 0. The van der Waals surface area contributed by atoms with E-state index in [2.05, 4.69) is 10.3 Å². The summed E-state index contributed by atoms with van der Waals surface area (Å²) in [4.78, 5) is 13.8. The van der Waals surface area contributed by atoms with Gasteiger partial charge in [-0.05, 0) is 53.0 Å². The second-order valence-corrected chi connectivity index (χ2v) is 5.48. The third-order valence-electron chi connectivity index (χ3n) is 4.39. The summed E-state index contributed by atoms with van der Waals surface area (Å²) in [5, 5.41) is 13.8. The van der Waals surface area contributed by atoms with Gasteiger partial charge in [-0.25, -0.2) is 0 Å². The Hall–Kier alpha value is -1.65. The second-order valence-electron chi connectivity index (χ2n) is 5.48. The van der Waals surface area contributed by atoms with Crippen molar-refractivity contribution >= 4 is 11.5 Å². The summed E-state index contributed by atoms with van der Waals surface area (Å²) in [6.07, 6.45) is 7.10. The quantitative estimate of drug-likeness (QED) is 0.656. The van der Waals surface area contributed by atoms with Gasteiger partial charge in [0.2, 0.25) is 0 Å². The largest absolute Gasteiger partial charge is 0.382 e. The minimum Gasteiger partial charge on any atom is -0.382 e. The fourth-order valence-electron chi connectivity index (χ4n) is 3.47. The molecule has 1 N–H and O–H groups in total. The van der Waals surface area contributed by atoms with Crippen LogP contribution in [0.1, 0.15) is 25.7 Å². The Bertz CT molecular complexity index is 446. The lowest BCUT2D eigenvalue weighted by molar-refractivity contribution is -0.389. The zero-order chi connectivity index (χ0) is 12.5. The van der Waals surface area contributed by atoms with Crippen LogP contribution >= 0.6 is 0 Å². The molecule has 0 spiro atoms. The monoisotopic (exact) mass is 247 g/mol. The summed E-state index contributed by atoms with van der Waals surface area (Å²) in [7, 11) is 0. The number of hydrogen-bond donors (Lipinski definition) is 1. The van der Waals surface area contributed by atoms with E-state index in [-0.39, 0.29) is 5.82 Å². The van der Waals surface area contributed by atoms with Crippen LogP contribution in [-0.2, 0) is 0 Å². The lowest BCUT2D eigenvalue weighted by Gasteiger charge is -2.21. The van der Waals surface area contributed by atoms with Gasteiger partial charge in [0.25, 0.3) is 0 Å². The summed E-state index contributed by atoms with van der Waals surface area (Å²) in [5.41, 5.74) is 0.878. The Morgan fingerprint density at radius 3 is 2.83 bits per heavy atom. The first-order valence-electron chi connectivity index (χ1n) is 6.56. The Labute approximate surface area is 106 Å². The van der Waals surface area contributed by atoms with Gasteiger partial charge in [-0.15, -0.1) is 0 Å². The molecular weight excluding hydrogens is 230 g/mol. The highest BCUT2D eigenvalue weighted by molar-refractivity contribution is 5.43. The maximum Gasteiger partial charge on any atom is 0.363 e. The molecular formula is C13H17N3O2. The number of hydrogen-bond acceptors (Lipinski definition) is 4. The molecule has 1 aromatic heterocycles. The molecule has 0 radical (unpaired) electrons. The number of nitro groups is 1. The number of pyridine rings is 1. The molecule has 5 heteroatoms. The zero-order valence-electron chi connectivity index (χ0n) is 10.2. The molecule has 2 aliphatic rings. The summed E-state index contributed by atoms with van der Waals surface area (Å²) >= 11 is 0. The molecule has 2 saturated carbocycles. The summed E-state index contributed by atoms with van der Waals surface area (Å²) in [5.74, 6) is 2.53. The molecule has 0 aromatic carbocycles. The molecule has 1 heterocycles. The Morgan fingerprint density at radius 1 is 1.39 bits per heavy atom. The predicted octanol–water partition coefficient (Wildman–Crippen LogP) is 2.84.